The molecule has 0 aromatic carbocycles. The summed E-state index contributed by atoms with van der Waals surface area (Å²) in [7, 11) is 0. The summed E-state index contributed by atoms with van der Waals surface area (Å²) in [4.78, 5) is 37.7. The Balaban J connectivity index is 0.000000122. The molecule has 9 aromatic rings. The van der Waals surface area contributed by atoms with Crippen LogP contribution in [0.2, 0.25) is 0 Å². The van der Waals surface area contributed by atoms with Crippen LogP contribution in [-0.2, 0) is 0 Å². The van der Waals surface area contributed by atoms with Crippen LogP contribution in [0.3, 0.4) is 0 Å². The number of nitrogens with one attached hydrogen (secondary N) is 5. The molecule has 0 spiro atoms. The molecule has 0 fully saturated rings. The lowest BCUT2D eigenvalue weighted by molar-refractivity contribution is 0.492. The van der Waals surface area contributed by atoms with E-state index in [2.05, 4.69) is 205 Å². The molecule has 101 heavy (non-hydrogen) atoms. The highest BCUT2D eigenvalue weighted by Gasteiger charge is 2.33. The smallest absolute Gasteiger partial charge is 0.157 e. The number of fused-ring (bicyclic) bond motifs is 3. The van der Waals surface area contributed by atoms with Crippen LogP contribution in [0.25, 0.3) is 0 Å². The van der Waals surface area contributed by atoms with Crippen LogP contribution in [0.1, 0.15) is 248 Å². The van der Waals surface area contributed by atoms with Crippen molar-refractivity contribution in [1.82, 2.24) is 16.0 Å². The number of aryl methyl sites for hydroxylation is 6. The lowest BCUT2D eigenvalue weighted by atomic mass is 9.88. The number of amidine groups is 2. The fourth-order valence-electron chi connectivity index (χ4n) is 14.1. The molecule has 6 aliphatic heterocycles. The van der Waals surface area contributed by atoms with Gasteiger partial charge in [-0.2, -0.15) is 0 Å². The summed E-state index contributed by atoms with van der Waals surface area (Å²) in [5, 5.41) is 35.4. The predicted octanol–water partition coefficient (Wildman–Crippen LogP) is 25.0. The molecule has 15 heterocycles. The lowest BCUT2D eigenvalue weighted by Crippen LogP contribution is -2.29. The van der Waals surface area contributed by atoms with Crippen LogP contribution in [-0.4, -0.2) is 36.9 Å². The van der Waals surface area contributed by atoms with E-state index < -0.39 is 0 Å². The van der Waals surface area contributed by atoms with Gasteiger partial charge in [0.25, 0.3) is 0 Å². The highest BCUT2D eigenvalue weighted by molar-refractivity contribution is 7.15. The van der Waals surface area contributed by atoms with Gasteiger partial charge in [-0.1, -0.05) is 14.9 Å². The van der Waals surface area contributed by atoms with Gasteiger partial charge in [0.15, 0.2) is 5.76 Å². The van der Waals surface area contributed by atoms with Gasteiger partial charge < -0.3 is 31.0 Å². The van der Waals surface area contributed by atoms with E-state index in [4.69, 9.17) is 14.4 Å². The van der Waals surface area contributed by atoms with Gasteiger partial charge in [0.1, 0.15) is 30.2 Å². The predicted molar refractivity (Wildman–Crippen MR) is 446 cm³/mol. The number of anilines is 2. The third-order valence-electron chi connectivity index (χ3n) is 20.7. The molecule has 3 aliphatic carbocycles. The minimum Gasteiger partial charge on any atom is -0.464 e. The Morgan fingerprint density at radius 3 is 1.37 bits per heavy atom. The van der Waals surface area contributed by atoms with Crippen LogP contribution < -0.4 is 26.6 Å². The van der Waals surface area contributed by atoms with Gasteiger partial charge in [-0.25, -0.2) is 0 Å². The number of allylic oxidation sites excluding steroid dienone is 3. The van der Waals surface area contributed by atoms with E-state index in [9.17, 15) is 0 Å². The highest BCUT2D eigenvalue weighted by Crippen LogP contribution is 2.48. The van der Waals surface area contributed by atoms with E-state index in [1.54, 1.807) is 35.3 Å². The summed E-state index contributed by atoms with van der Waals surface area (Å²) in [5.74, 6) is 3.60. The van der Waals surface area contributed by atoms with E-state index in [1.807, 2.05) is 86.8 Å². The molecule has 532 valence electrons. The fourth-order valence-corrected chi connectivity index (χ4v) is 22.8. The Hall–Kier alpha value is -6.88. The van der Waals surface area contributed by atoms with E-state index in [1.165, 1.54) is 215 Å². The molecule has 6 atom stereocenters. The van der Waals surface area contributed by atoms with Crippen molar-refractivity contribution < 1.29 is 4.42 Å². The minimum absolute atomic E-state index is 0. The monoisotopic (exact) mass is 1500 g/mol. The second-order valence-corrected chi connectivity index (χ2v) is 34.3. The molecule has 0 saturated heterocycles. The third kappa shape index (κ3) is 16.0. The van der Waals surface area contributed by atoms with Gasteiger partial charge in [-0.05, 0) is 306 Å². The molecule has 0 amide bonds. The maximum atomic E-state index is 5.52. The van der Waals surface area contributed by atoms with Gasteiger partial charge in [0.2, 0.25) is 0 Å². The maximum Gasteiger partial charge on any atom is 0.157 e. The molecular formula is C81H99N11OS8. The largest absolute Gasteiger partial charge is 0.464 e. The molecule has 20 heteroatoms. The zero-order chi connectivity index (χ0) is 69.2. The van der Waals surface area contributed by atoms with E-state index in [0.29, 0.717) is 24.0 Å². The number of aliphatic imine (C=N–C) groups is 6. The molecule has 9 aromatic heterocycles. The van der Waals surface area contributed by atoms with Crippen molar-refractivity contribution in [2.24, 2.45) is 30.0 Å². The summed E-state index contributed by atoms with van der Waals surface area (Å²) >= 11 is 14.6. The average Bonchev–Trinajstić information content (AvgIpc) is 1.69. The van der Waals surface area contributed by atoms with Gasteiger partial charge in [0, 0.05) is 75.0 Å². The van der Waals surface area contributed by atoms with Crippen molar-refractivity contribution in [3.63, 3.8) is 0 Å². The first kappa shape index (κ1) is 75.3. The average molecular weight is 1500 g/mol. The van der Waals surface area contributed by atoms with Gasteiger partial charge >= 0.3 is 0 Å². The Bertz CT molecular complexity index is 4610. The van der Waals surface area contributed by atoms with Crippen molar-refractivity contribution in [1.29, 1.82) is 0 Å². The number of thiophene rings is 8. The SMILES string of the molecule is C.C.CC1=NC(c2scc(C)c2C)C2=C(CCC2)N1.CC1=NC(c2scc(C)c2C)C2=C(CCCC2)N1.Cc1csc(C2CC=Nc3ccsc32)c1C.Cc1csc(C2N=CNC3=C2CCC3)c1C.Cc1csc(C2N=CNc3ccoc32)c1C.Cc1csc(C2N=CNc3sccc32)c1C. The second kappa shape index (κ2) is 33.3. The summed E-state index contributed by atoms with van der Waals surface area (Å²) in [6.45, 7) is 30.5. The van der Waals surface area contributed by atoms with Gasteiger partial charge in [-0.3, -0.25) is 30.0 Å². The Labute approximate surface area is 631 Å². The molecule has 0 radical (unpaired) electrons. The number of rotatable bonds is 6. The van der Waals surface area contributed by atoms with Crippen molar-refractivity contribution in [2.45, 2.75) is 219 Å². The zero-order valence-corrected chi connectivity index (χ0v) is 65.9. The van der Waals surface area contributed by atoms with Crippen LogP contribution in [0.5, 0.6) is 0 Å². The van der Waals surface area contributed by atoms with Gasteiger partial charge in [-0.15, -0.1) is 90.7 Å². The fraction of sp³-hybridized carbons (Fsp3) is 0.407. The number of hydrogen-bond donors (Lipinski definition) is 5. The summed E-state index contributed by atoms with van der Waals surface area (Å²) in [6, 6.07) is 7.33. The van der Waals surface area contributed by atoms with E-state index >= 15 is 0 Å². The van der Waals surface area contributed by atoms with Crippen molar-refractivity contribution in [3.05, 3.63) is 214 Å². The lowest BCUT2D eigenvalue weighted by Gasteiger charge is -2.30. The molecule has 0 bridgehead atoms. The molecule has 9 aliphatic rings. The molecular weight excluding hydrogens is 1400 g/mol. The molecule has 6 unspecified atom stereocenters. The van der Waals surface area contributed by atoms with E-state index in [0.717, 1.165) is 29.5 Å². The topological polar surface area (TPSA) is 147 Å². The number of nitrogens with zero attached hydrogens (tertiary/aromatic N) is 6. The van der Waals surface area contributed by atoms with Crippen LogP contribution in [0.4, 0.5) is 16.4 Å². The summed E-state index contributed by atoms with van der Waals surface area (Å²) in [6.07, 6.45) is 22.7. The Kier molecular flexibility index (Phi) is 24.8. The Morgan fingerprint density at radius 1 is 0.396 bits per heavy atom. The maximum absolute atomic E-state index is 5.52. The summed E-state index contributed by atoms with van der Waals surface area (Å²) in [5.41, 5.74) is 29.1. The van der Waals surface area contributed by atoms with Crippen LogP contribution in [0, 0.1) is 83.1 Å². The molecule has 12 nitrogen and oxygen atoms in total. The normalized spacial score (nSPS) is 20.6. The van der Waals surface area contributed by atoms with Crippen molar-refractivity contribution in [3.8, 4) is 0 Å². The highest BCUT2D eigenvalue weighted by atomic mass is 32.1. The van der Waals surface area contributed by atoms with Crippen LogP contribution >= 0.6 is 90.7 Å². The summed E-state index contributed by atoms with van der Waals surface area (Å²) < 4.78 is 5.52. The number of hydrogen-bond acceptors (Lipinski definition) is 20. The zero-order valence-electron chi connectivity index (χ0n) is 59.3. The standard InChI is InChI=1S/C15H20N2S.C14H18N2S.C13H16N2S.C13H13NS2.C12H12N2OS.C12H12N2S2.2CH4/c1-9-8-18-15(10(9)2)14-12-6-4-5-7-13(12)16-11(3)17-14;1-8-7-17-14(9(8)2)13-11-5-4-6-12(11)15-10(3)16-13;1-8-6-16-13(9(8)2)12-10-4-3-5-11(10)14-7-15-12;1-8-7-16-12(9(8)2)10-3-5-14-11-4-6-15-13(10)11;1-7-5-16-12(8(7)2)10-11-9(3-4-15-11)13-6-14-10;1-7-5-16-11(8(7)2)10-9-3-4-15-12(9)14-6-13-10;;/h8,14H,4-7H2,1-3H3,(H,16,17);7,13H,4-6H2,1-3H3,(H,15,16);6-7,12H,3-5H2,1-2H3,(H,14,15);4-7,10H,3H2,1-2H3;2*3-6,10H,1-2H3,(H,13,14);2*1H4. The van der Waals surface area contributed by atoms with Crippen molar-refractivity contribution >= 4 is 144 Å². The third-order valence-corrected chi connectivity index (χ3v) is 30.1. The molecule has 5 N–H and O–H groups in total. The first-order chi connectivity index (χ1) is 47.9. The first-order valence-corrected chi connectivity index (χ1v) is 41.6. The molecule has 18 rings (SSSR count). The van der Waals surface area contributed by atoms with Gasteiger partial charge in [0.05, 0.1) is 53.3 Å². The first-order valence-electron chi connectivity index (χ1n) is 34.6. The Morgan fingerprint density at radius 2 is 0.822 bits per heavy atom. The van der Waals surface area contributed by atoms with E-state index in [-0.39, 0.29) is 26.9 Å². The number of furan rings is 1. The second-order valence-electron chi connectivity index (χ2n) is 27.0. The quantitative estimate of drug-likeness (QED) is 0.112. The minimum atomic E-state index is 0. The van der Waals surface area contributed by atoms with Crippen molar-refractivity contribution in [2.75, 3.05) is 10.6 Å². The van der Waals surface area contributed by atoms with Crippen LogP contribution in [0.15, 0.2) is 136 Å². The molecule has 0 saturated carbocycles.